The molecule has 0 amide bonds. The van der Waals surface area contributed by atoms with Crippen LogP contribution in [0.25, 0.3) is 0 Å². The Morgan fingerprint density at radius 1 is 1.45 bits per heavy atom. The Labute approximate surface area is 88.0 Å². The quantitative estimate of drug-likeness (QED) is 0.253. The Balaban J connectivity index is 0. The molecular weight excluding hydrogens is 183 g/mol. The molecule has 0 aliphatic heterocycles. The second-order valence-electron chi connectivity index (χ2n) is 1.46. The molecule has 0 aliphatic rings. The molecule has 0 saturated heterocycles. The molecule has 1 N–H and O–H groups in total. The maximum atomic E-state index is 10.4. The third kappa shape index (κ3) is 8.74. The molecule has 0 aromatic carbocycles. The fourth-order valence-corrected chi connectivity index (χ4v) is 0.504. The summed E-state index contributed by atoms with van der Waals surface area (Å²) in [6.45, 7) is 1.02. The maximum absolute atomic E-state index is 10.4. The zero-order chi connectivity index (χ0) is 8.04. The molecule has 0 aromatic heterocycles. The van der Waals surface area contributed by atoms with Gasteiger partial charge in [0.15, 0.2) is 0 Å². The summed E-state index contributed by atoms with van der Waals surface area (Å²) < 4.78 is 24.8. The summed E-state index contributed by atoms with van der Waals surface area (Å²) in [6.07, 6.45) is 0. The van der Waals surface area contributed by atoms with Gasteiger partial charge in [-0.3, -0.25) is 0 Å². The summed E-state index contributed by atoms with van der Waals surface area (Å²) in [6, 6.07) is 0. The first kappa shape index (κ1) is 14.4. The predicted molar refractivity (Wildman–Crippen MR) is 40.7 cm³/mol. The minimum absolute atomic E-state index is 0. The van der Waals surface area contributed by atoms with Crippen molar-refractivity contribution in [3.63, 3.8) is 0 Å². The van der Waals surface area contributed by atoms with Crippen molar-refractivity contribution >= 4 is 39.7 Å². The monoisotopic (exact) mass is 194 g/mol. The van der Waals surface area contributed by atoms with E-state index in [1.165, 1.54) is 6.92 Å². The van der Waals surface area contributed by atoms with Crippen LogP contribution in [0.4, 0.5) is 0 Å². The molecule has 0 rings (SSSR count). The normalized spacial score (nSPS) is 10.7. The average molecular weight is 194 g/mol. The summed E-state index contributed by atoms with van der Waals surface area (Å²) in [7, 11) is -3.53. The second kappa shape index (κ2) is 7.48. The molecule has 0 heterocycles. The van der Waals surface area contributed by atoms with Crippen molar-refractivity contribution < 1.29 is 22.7 Å². The third-order valence-corrected chi connectivity index (χ3v) is 1.69. The fraction of sp³-hybridized carbons (Fsp3) is 1.00. The summed E-state index contributed by atoms with van der Waals surface area (Å²) in [5.74, 6) is -0.140. The number of rotatable bonds is 5. The van der Waals surface area contributed by atoms with E-state index in [2.05, 4.69) is 9.22 Å². The van der Waals surface area contributed by atoms with Crippen LogP contribution in [0.5, 0.6) is 0 Å². The Hall–Kier alpha value is 0.830. The number of hydrogen-bond acceptors (Lipinski definition) is 5. The van der Waals surface area contributed by atoms with Crippen molar-refractivity contribution in [1.82, 2.24) is 0 Å². The van der Waals surface area contributed by atoms with Gasteiger partial charge in [-0.15, -0.1) is 4.33 Å². The van der Waals surface area contributed by atoms with Gasteiger partial charge in [-0.1, -0.05) is 0 Å². The van der Waals surface area contributed by atoms with Gasteiger partial charge in [-0.2, -0.15) is 8.42 Å². The van der Waals surface area contributed by atoms with Crippen molar-refractivity contribution in [3.8, 4) is 0 Å². The Bertz CT molecular complexity index is 165. The van der Waals surface area contributed by atoms with E-state index in [0.29, 0.717) is 0 Å². The molecule has 0 aliphatic carbocycles. The molecule has 0 saturated carbocycles. The van der Waals surface area contributed by atoms with Gasteiger partial charge >= 0.3 is 29.6 Å². The number of aliphatic hydroxyl groups excluding tert-OH is 1. The first-order valence-electron chi connectivity index (χ1n) is 2.77. The van der Waals surface area contributed by atoms with Crippen LogP contribution in [-0.2, 0) is 19.3 Å². The van der Waals surface area contributed by atoms with Crippen molar-refractivity contribution in [2.24, 2.45) is 0 Å². The molecule has 0 aromatic rings. The number of aliphatic hydroxyl groups is 1. The Kier molecular flexibility index (Phi) is 9.76. The van der Waals surface area contributed by atoms with Crippen LogP contribution < -0.4 is 0 Å². The Morgan fingerprint density at radius 2 is 2.00 bits per heavy atom. The van der Waals surface area contributed by atoms with E-state index in [-0.39, 0.29) is 48.5 Å². The van der Waals surface area contributed by atoms with Crippen molar-refractivity contribution in [3.05, 3.63) is 0 Å². The van der Waals surface area contributed by atoms with E-state index in [0.717, 1.165) is 0 Å². The van der Waals surface area contributed by atoms with E-state index >= 15 is 0 Å². The molecule has 0 spiro atoms. The van der Waals surface area contributed by atoms with Gasteiger partial charge in [0.1, 0.15) is 6.61 Å². The Morgan fingerprint density at radius 3 is 2.36 bits per heavy atom. The molecule has 5 nitrogen and oxygen atoms in total. The summed E-state index contributed by atoms with van der Waals surface area (Å²) in [4.78, 5) is 4.10. The van der Waals surface area contributed by atoms with E-state index in [4.69, 9.17) is 5.11 Å². The van der Waals surface area contributed by atoms with Gasteiger partial charge in [0.25, 0.3) is 10.1 Å². The van der Waals surface area contributed by atoms with Gasteiger partial charge in [0.05, 0.1) is 12.4 Å². The van der Waals surface area contributed by atoms with Crippen LogP contribution >= 0.6 is 0 Å². The van der Waals surface area contributed by atoms with Crippen molar-refractivity contribution in [2.45, 2.75) is 6.92 Å². The van der Waals surface area contributed by atoms with Crippen LogP contribution in [-0.4, -0.2) is 62.0 Å². The predicted octanol–water partition coefficient (Wildman–Crippen LogP) is -1.37. The SMILES string of the molecule is CCS(=O)(=O)OOCCO.[NaH]. The standard InChI is InChI=1S/C4H10O5S.Na.H/c1-2-10(6,7)9-8-4-3-5;;/h5H,2-4H2,1H3;;. The van der Waals surface area contributed by atoms with Crippen LogP contribution in [0.3, 0.4) is 0 Å². The van der Waals surface area contributed by atoms with Crippen LogP contribution in [0.15, 0.2) is 0 Å². The molecule has 0 unspecified atom stereocenters. The van der Waals surface area contributed by atoms with Crippen LogP contribution in [0, 0.1) is 0 Å². The molecule has 0 radical (unpaired) electrons. The van der Waals surface area contributed by atoms with Crippen molar-refractivity contribution in [1.29, 1.82) is 0 Å². The minimum atomic E-state index is -3.53. The first-order valence-corrected chi connectivity index (χ1v) is 4.34. The molecule has 0 bridgehead atoms. The summed E-state index contributed by atoms with van der Waals surface area (Å²) >= 11 is 0. The summed E-state index contributed by atoms with van der Waals surface area (Å²) in [5.41, 5.74) is 0. The van der Waals surface area contributed by atoms with Gasteiger partial charge in [0, 0.05) is 0 Å². The van der Waals surface area contributed by atoms with E-state index in [1.54, 1.807) is 0 Å². The average Bonchev–Trinajstić information content (AvgIpc) is 1.89. The van der Waals surface area contributed by atoms with E-state index in [9.17, 15) is 8.42 Å². The first-order chi connectivity index (χ1) is 4.62. The second-order valence-corrected chi connectivity index (χ2v) is 3.29. The number of hydrogen-bond donors (Lipinski definition) is 1. The van der Waals surface area contributed by atoms with E-state index < -0.39 is 10.1 Å². The molecule has 0 fully saturated rings. The fourth-order valence-electron chi connectivity index (χ4n) is 0.193. The van der Waals surface area contributed by atoms with Crippen molar-refractivity contribution in [2.75, 3.05) is 19.0 Å². The zero-order valence-electron chi connectivity index (χ0n) is 5.61. The third-order valence-electron chi connectivity index (χ3n) is 0.680. The molecular formula is C4H11NaO5S. The van der Waals surface area contributed by atoms with Crippen LogP contribution in [0.2, 0.25) is 0 Å². The zero-order valence-corrected chi connectivity index (χ0v) is 6.43. The van der Waals surface area contributed by atoms with Gasteiger partial charge < -0.3 is 5.11 Å². The van der Waals surface area contributed by atoms with Gasteiger partial charge in [-0.05, 0) is 6.92 Å². The van der Waals surface area contributed by atoms with Gasteiger partial charge in [-0.25, -0.2) is 4.89 Å². The molecule has 11 heavy (non-hydrogen) atoms. The van der Waals surface area contributed by atoms with Crippen LogP contribution in [0.1, 0.15) is 6.92 Å². The van der Waals surface area contributed by atoms with E-state index in [1.807, 2.05) is 0 Å². The molecule has 64 valence electrons. The molecule has 0 atom stereocenters. The molecule has 7 heteroatoms. The summed E-state index contributed by atoms with van der Waals surface area (Å²) in [5, 5.41) is 8.14. The van der Waals surface area contributed by atoms with Gasteiger partial charge in [0.2, 0.25) is 0 Å². The topological polar surface area (TPSA) is 72.8 Å².